The smallest absolute Gasteiger partial charge is 0.342 e. The highest BCUT2D eigenvalue weighted by Gasteiger charge is 2.47. The Bertz CT molecular complexity index is 586. The van der Waals surface area contributed by atoms with E-state index < -0.39 is 17.3 Å². The Balaban J connectivity index is 2.46. The molecule has 1 aliphatic rings. The Labute approximate surface area is 116 Å². The lowest BCUT2D eigenvalue weighted by molar-refractivity contribution is -0.156. The fraction of sp³-hybridized carbons (Fsp3) is 0.571. The lowest BCUT2D eigenvalue weighted by atomic mass is 9.87. The molecule has 1 N–H and O–H groups in total. The molecule has 110 valence electrons. The van der Waals surface area contributed by atoms with Crippen molar-refractivity contribution in [3.05, 3.63) is 27.8 Å². The second-order valence-electron chi connectivity index (χ2n) is 5.33. The Kier molecular flexibility index (Phi) is 3.60. The maximum absolute atomic E-state index is 11.8. The Morgan fingerprint density at radius 2 is 2.10 bits per heavy atom. The number of ether oxygens (including phenoxy) is 2. The van der Waals surface area contributed by atoms with E-state index in [1.54, 1.807) is 13.8 Å². The van der Waals surface area contributed by atoms with Crippen molar-refractivity contribution >= 4 is 5.97 Å². The summed E-state index contributed by atoms with van der Waals surface area (Å²) in [7, 11) is 1.43. The zero-order valence-electron chi connectivity index (χ0n) is 11.9. The van der Waals surface area contributed by atoms with E-state index >= 15 is 0 Å². The molecule has 2 heterocycles. The normalized spacial score (nSPS) is 25.1. The quantitative estimate of drug-likeness (QED) is 0.836. The molecule has 20 heavy (non-hydrogen) atoms. The molecule has 0 spiro atoms. The van der Waals surface area contributed by atoms with Gasteiger partial charge in [-0.15, -0.1) is 0 Å². The van der Waals surface area contributed by atoms with E-state index in [4.69, 9.17) is 13.9 Å². The summed E-state index contributed by atoms with van der Waals surface area (Å²) in [5, 5.41) is 10.6. The number of aliphatic hydroxyl groups is 1. The van der Waals surface area contributed by atoms with Gasteiger partial charge in [0.1, 0.15) is 17.6 Å². The highest BCUT2D eigenvalue weighted by Crippen LogP contribution is 2.37. The van der Waals surface area contributed by atoms with Gasteiger partial charge in [0.05, 0.1) is 19.1 Å². The van der Waals surface area contributed by atoms with Crippen LogP contribution in [0.25, 0.3) is 0 Å². The predicted octanol–water partition coefficient (Wildman–Crippen LogP) is 1.12. The third kappa shape index (κ3) is 2.31. The van der Waals surface area contributed by atoms with Crippen molar-refractivity contribution in [1.29, 1.82) is 0 Å². The van der Waals surface area contributed by atoms with Crippen molar-refractivity contribution in [2.75, 3.05) is 7.11 Å². The number of carbonyl (C=O) groups excluding carboxylic acids is 1. The SMILES string of the molecule is COc1cc([C@](C)(O)[C@@H]2OC(=O)C[C@H]2C)oc(=O)c1C. The number of hydrogen-bond donors (Lipinski definition) is 1. The topological polar surface area (TPSA) is 86.0 Å². The first-order valence-corrected chi connectivity index (χ1v) is 6.38. The summed E-state index contributed by atoms with van der Waals surface area (Å²) in [6.07, 6.45) is -0.529. The predicted molar refractivity (Wildman–Crippen MR) is 69.5 cm³/mol. The highest BCUT2D eigenvalue weighted by atomic mass is 16.6. The van der Waals surface area contributed by atoms with Gasteiger partial charge in [-0.05, 0) is 13.8 Å². The molecule has 0 bridgehead atoms. The third-order valence-corrected chi connectivity index (χ3v) is 3.68. The maximum Gasteiger partial charge on any atom is 0.342 e. The molecule has 6 heteroatoms. The number of rotatable bonds is 3. The zero-order valence-corrected chi connectivity index (χ0v) is 11.9. The minimum Gasteiger partial charge on any atom is -0.496 e. The number of cyclic esters (lactones) is 1. The van der Waals surface area contributed by atoms with Crippen LogP contribution in [0.15, 0.2) is 15.3 Å². The number of esters is 1. The van der Waals surface area contributed by atoms with E-state index in [2.05, 4.69) is 0 Å². The van der Waals surface area contributed by atoms with Crippen LogP contribution in [0.5, 0.6) is 5.75 Å². The molecular weight excluding hydrogens is 264 g/mol. The summed E-state index contributed by atoms with van der Waals surface area (Å²) in [6, 6.07) is 1.45. The van der Waals surface area contributed by atoms with E-state index in [9.17, 15) is 14.7 Å². The molecule has 1 aromatic heterocycles. The van der Waals surface area contributed by atoms with Gasteiger partial charge < -0.3 is 19.0 Å². The number of hydrogen-bond acceptors (Lipinski definition) is 6. The Morgan fingerprint density at radius 1 is 1.45 bits per heavy atom. The van der Waals surface area contributed by atoms with Crippen molar-refractivity contribution in [1.82, 2.24) is 0 Å². The first kappa shape index (κ1) is 14.6. The van der Waals surface area contributed by atoms with Crippen LogP contribution in [-0.4, -0.2) is 24.3 Å². The van der Waals surface area contributed by atoms with Gasteiger partial charge in [-0.3, -0.25) is 4.79 Å². The minimum atomic E-state index is -1.59. The van der Waals surface area contributed by atoms with E-state index in [1.165, 1.54) is 20.1 Å². The summed E-state index contributed by atoms with van der Waals surface area (Å²) < 4.78 is 15.4. The van der Waals surface area contributed by atoms with Gasteiger partial charge in [-0.2, -0.15) is 0 Å². The molecule has 0 amide bonds. The molecule has 0 radical (unpaired) electrons. The fourth-order valence-corrected chi connectivity index (χ4v) is 2.48. The van der Waals surface area contributed by atoms with Gasteiger partial charge in [0.15, 0.2) is 5.60 Å². The van der Waals surface area contributed by atoms with E-state index in [0.717, 1.165) is 0 Å². The molecular formula is C14H18O6. The lowest BCUT2D eigenvalue weighted by Gasteiger charge is -2.30. The first-order valence-electron chi connectivity index (χ1n) is 6.38. The van der Waals surface area contributed by atoms with E-state index in [1.807, 2.05) is 0 Å². The highest BCUT2D eigenvalue weighted by molar-refractivity contribution is 5.72. The van der Waals surface area contributed by atoms with Crippen LogP contribution in [0, 0.1) is 12.8 Å². The molecule has 1 saturated heterocycles. The van der Waals surface area contributed by atoms with Crippen LogP contribution in [-0.2, 0) is 15.1 Å². The van der Waals surface area contributed by atoms with Crippen LogP contribution in [0.4, 0.5) is 0 Å². The standard InChI is InChI=1S/C14H18O6/c1-7-5-11(15)20-12(7)14(3,17)10-6-9(18-4)8(2)13(16)19-10/h6-7,12,17H,5H2,1-4H3/t7-,12-,14+/m1/s1. The van der Waals surface area contributed by atoms with Crippen LogP contribution in [0.1, 0.15) is 31.6 Å². The molecule has 1 fully saturated rings. The van der Waals surface area contributed by atoms with Gasteiger partial charge >= 0.3 is 11.6 Å². The first-order chi connectivity index (χ1) is 9.27. The van der Waals surface area contributed by atoms with Crippen molar-refractivity contribution < 1.29 is 23.8 Å². The van der Waals surface area contributed by atoms with E-state index in [-0.39, 0.29) is 24.1 Å². The summed E-state index contributed by atoms with van der Waals surface area (Å²) >= 11 is 0. The van der Waals surface area contributed by atoms with Gasteiger partial charge in [-0.25, -0.2) is 4.79 Å². The van der Waals surface area contributed by atoms with Gasteiger partial charge in [-0.1, -0.05) is 6.92 Å². The summed E-state index contributed by atoms with van der Waals surface area (Å²) in [5.74, 6) is -0.190. The summed E-state index contributed by atoms with van der Waals surface area (Å²) in [6.45, 7) is 4.83. The van der Waals surface area contributed by atoms with Gasteiger partial charge in [0, 0.05) is 12.0 Å². The van der Waals surface area contributed by atoms with Crippen LogP contribution < -0.4 is 10.4 Å². The average molecular weight is 282 g/mol. The fourth-order valence-electron chi connectivity index (χ4n) is 2.48. The van der Waals surface area contributed by atoms with Gasteiger partial charge in [0.2, 0.25) is 0 Å². The summed E-state index contributed by atoms with van der Waals surface area (Å²) in [5.41, 5.74) is -1.86. The van der Waals surface area contributed by atoms with Crippen LogP contribution in [0.2, 0.25) is 0 Å². The Morgan fingerprint density at radius 3 is 2.60 bits per heavy atom. The summed E-state index contributed by atoms with van der Waals surface area (Å²) in [4.78, 5) is 23.1. The van der Waals surface area contributed by atoms with Crippen molar-refractivity contribution in [2.24, 2.45) is 5.92 Å². The monoisotopic (exact) mass is 282 g/mol. The van der Waals surface area contributed by atoms with Crippen molar-refractivity contribution in [2.45, 2.75) is 38.9 Å². The van der Waals surface area contributed by atoms with Crippen LogP contribution >= 0.6 is 0 Å². The van der Waals surface area contributed by atoms with E-state index in [0.29, 0.717) is 11.3 Å². The Hall–Kier alpha value is -1.82. The third-order valence-electron chi connectivity index (χ3n) is 3.68. The zero-order chi connectivity index (χ0) is 15.1. The molecule has 6 nitrogen and oxygen atoms in total. The van der Waals surface area contributed by atoms with Crippen molar-refractivity contribution in [3.63, 3.8) is 0 Å². The second-order valence-corrected chi connectivity index (χ2v) is 5.33. The molecule has 0 aromatic carbocycles. The average Bonchev–Trinajstić information content (AvgIpc) is 2.72. The molecule has 3 atom stereocenters. The molecule has 1 aromatic rings. The van der Waals surface area contributed by atoms with Crippen LogP contribution in [0.3, 0.4) is 0 Å². The largest absolute Gasteiger partial charge is 0.496 e. The maximum atomic E-state index is 11.8. The second kappa shape index (κ2) is 4.94. The molecule has 2 rings (SSSR count). The molecule has 0 aliphatic carbocycles. The van der Waals surface area contributed by atoms with Gasteiger partial charge in [0.25, 0.3) is 0 Å². The number of carbonyl (C=O) groups is 1. The molecule has 0 saturated carbocycles. The lowest BCUT2D eigenvalue weighted by Crippen LogP contribution is -2.40. The minimum absolute atomic E-state index is 0.0245. The molecule has 1 aliphatic heterocycles. The molecule has 0 unspecified atom stereocenters. The number of methoxy groups -OCH3 is 1. The van der Waals surface area contributed by atoms with Crippen molar-refractivity contribution in [3.8, 4) is 5.75 Å².